The van der Waals surface area contributed by atoms with Crippen molar-refractivity contribution in [1.82, 2.24) is 10.2 Å². The van der Waals surface area contributed by atoms with E-state index in [1.165, 1.54) is 18.4 Å². The van der Waals surface area contributed by atoms with E-state index in [1.807, 2.05) is 18.2 Å². The van der Waals surface area contributed by atoms with Gasteiger partial charge in [-0.3, -0.25) is 4.90 Å². The Morgan fingerprint density at radius 3 is 2.78 bits per heavy atom. The zero-order valence-corrected chi connectivity index (χ0v) is 13.5. The van der Waals surface area contributed by atoms with Gasteiger partial charge in [-0.15, -0.1) is 0 Å². The topological polar surface area (TPSA) is 61.8 Å². The molecule has 1 amide bonds. The van der Waals surface area contributed by atoms with Crippen molar-refractivity contribution in [1.29, 1.82) is 0 Å². The van der Waals surface area contributed by atoms with Gasteiger partial charge in [-0.05, 0) is 24.8 Å². The number of nitrogens with zero attached hydrogens (tertiary/aromatic N) is 1. The molecule has 3 atom stereocenters. The zero-order valence-electron chi connectivity index (χ0n) is 13.5. The highest BCUT2D eigenvalue weighted by Crippen LogP contribution is 2.29. The summed E-state index contributed by atoms with van der Waals surface area (Å²) in [5.41, 5.74) is 1.21. The van der Waals surface area contributed by atoms with Crippen molar-refractivity contribution in [2.24, 2.45) is 0 Å². The highest BCUT2D eigenvalue weighted by Gasteiger charge is 2.35. The second-order valence-corrected chi connectivity index (χ2v) is 6.62. The van der Waals surface area contributed by atoms with Crippen molar-refractivity contribution in [2.45, 2.75) is 56.9 Å². The third-order valence-corrected chi connectivity index (χ3v) is 4.99. The van der Waals surface area contributed by atoms with Crippen LogP contribution in [0.3, 0.4) is 0 Å². The lowest BCUT2D eigenvalue weighted by atomic mass is 9.91. The minimum atomic E-state index is -0.919. The Morgan fingerprint density at radius 1 is 1.22 bits per heavy atom. The van der Waals surface area contributed by atoms with Gasteiger partial charge in [0.05, 0.1) is 12.7 Å². The fourth-order valence-corrected chi connectivity index (χ4v) is 3.85. The molecule has 2 N–H and O–H groups in total. The minimum Gasteiger partial charge on any atom is -0.465 e. The Bertz CT molecular complexity index is 508. The van der Waals surface area contributed by atoms with Gasteiger partial charge in [0, 0.05) is 25.2 Å². The third kappa shape index (κ3) is 4.45. The van der Waals surface area contributed by atoms with Gasteiger partial charge < -0.3 is 15.2 Å². The first-order valence-corrected chi connectivity index (χ1v) is 8.61. The van der Waals surface area contributed by atoms with Crippen molar-refractivity contribution in [3.05, 3.63) is 35.9 Å². The molecule has 0 unspecified atom stereocenters. The molecule has 5 heteroatoms. The number of carboxylic acid groups (broad SMARTS) is 1. The summed E-state index contributed by atoms with van der Waals surface area (Å²) in [5.74, 6) is 0. The number of carbonyl (C=O) groups is 1. The predicted molar refractivity (Wildman–Crippen MR) is 88.4 cm³/mol. The maximum atomic E-state index is 10.8. The SMILES string of the molecule is O=C(O)N[C@@H]1CCN([C@H]2CCCC[C@@H]2OCc2ccccc2)C1. The highest BCUT2D eigenvalue weighted by molar-refractivity contribution is 5.64. The first-order chi connectivity index (χ1) is 11.2. The average molecular weight is 318 g/mol. The number of hydrogen-bond acceptors (Lipinski definition) is 3. The van der Waals surface area contributed by atoms with E-state index >= 15 is 0 Å². The van der Waals surface area contributed by atoms with Crippen molar-refractivity contribution in [3.8, 4) is 0 Å². The smallest absolute Gasteiger partial charge is 0.404 e. The highest BCUT2D eigenvalue weighted by atomic mass is 16.5. The monoisotopic (exact) mass is 318 g/mol. The molecule has 1 heterocycles. The van der Waals surface area contributed by atoms with Gasteiger partial charge in [0.15, 0.2) is 0 Å². The second kappa shape index (κ2) is 7.79. The summed E-state index contributed by atoms with van der Waals surface area (Å²) in [7, 11) is 0. The Kier molecular flexibility index (Phi) is 5.51. The molecule has 0 spiro atoms. The first-order valence-electron chi connectivity index (χ1n) is 8.61. The van der Waals surface area contributed by atoms with Gasteiger partial charge in [-0.25, -0.2) is 4.79 Å². The number of nitrogens with one attached hydrogen (secondary N) is 1. The van der Waals surface area contributed by atoms with Crippen LogP contribution < -0.4 is 5.32 Å². The summed E-state index contributed by atoms with van der Waals surface area (Å²) >= 11 is 0. The molecule has 2 aliphatic rings. The first kappa shape index (κ1) is 16.3. The van der Waals surface area contributed by atoms with E-state index < -0.39 is 6.09 Å². The van der Waals surface area contributed by atoms with Crippen LogP contribution in [-0.2, 0) is 11.3 Å². The number of ether oxygens (including phenoxy) is 1. The van der Waals surface area contributed by atoms with Crippen LogP contribution in [0, 0.1) is 0 Å². The molecule has 126 valence electrons. The van der Waals surface area contributed by atoms with Gasteiger partial charge >= 0.3 is 6.09 Å². The normalized spacial score (nSPS) is 28.6. The molecule has 23 heavy (non-hydrogen) atoms. The molecular formula is C18H26N2O3. The summed E-state index contributed by atoms with van der Waals surface area (Å²) in [6.07, 6.45) is 4.95. The standard InChI is InChI=1S/C18H26N2O3/c21-18(22)19-15-10-11-20(12-15)16-8-4-5-9-17(16)23-13-14-6-2-1-3-7-14/h1-3,6-7,15-17,19H,4-5,8-13H2,(H,21,22)/t15-,16+,17+/m1/s1. The van der Waals surface area contributed by atoms with E-state index in [2.05, 4.69) is 22.3 Å². The summed E-state index contributed by atoms with van der Waals surface area (Å²) < 4.78 is 6.23. The number of hydrogen-bond donors (Lipinski definition) is 2. The van der Waals surface area contributed by atoms with Gasteiger partial charge in [0.25, 0.3) is 0 Å². The Balaban J connectivity index is 1.55. The van der Waals surface area contributed by atoms with E-state index in [4.69, 9.17) is 9.84 Å². The molecule has 1 aliphatic heterocycles. The van der Waals surface area contributed by atoms with E-state index in [1.54, 1.807) is 0 Å². The van der Waals surface area contributed by atoms with E-state index in [0.717, 1.165) is 32.4 Å². The molecule has 1 aromatic carbocycles. The Hall–Kier alpha value is -1.59. The molecule has 2 fully saturated rings. The quantitative estimate of drug-likeness (QED) is 0.876. The average Bonchev–Trinajstić information content (AvgIpc) is 3.02. The maximum Gasteiger partial charge on any atom is 0.404 e. The van der Waals surface area contributed by atoms with Crippen LogP contribution in [0.4, 0.5) is 4.79 Å². The number of benzene rings is 1. The van der Waals surface area contributed by atoms with Crippen LogP contribution in [-0.4, -0.2) is 47.4 Å². The Labute approximate surface area is 137 Å². The lowest BCUT2D eigenvalue weighted by Crippen LogP contribution is -2.47. The van der Waals surface area contributed by atoms with Gasteiger partial charge in [-0.2, -0.15) is 0 Å². The summed E-state index contributed by atoms with van der Waals surface area (Å²) in [6, 6.07) is 10.8. The van der Waals surface area contributed by atoms with Gasteiger partial charge in [0.2, 0.25) is 0 Å². The van der Waals surface area contributed by atoms with E-state index in [9.17, 15) is 4.79 Å². The van der Waals surface area contributed by atoms with Crippen molar-refractivity contribution in [3.63, 3.8) is 0 Å². The molecule has 5 nitrogen and oxygen atoms in total. The largest absolute Gasteiger partial charge is 0.465 e. The fourth-order valence-electron chi connectivity index (χ4n) is 3.85. The molecule has 0 bridgehead atoms. The van der Waals surface area contributed by atoms with Crippen molar-refractivity contribution >= 4 is 6.09 Å². The van der Waals surface area contributed by atoms with Crippen LogP contribution in [0.5, 0.6) is 0 Å². The molecule has 0 aromatic heterocycles. The van der Waals surface area contributed by atoms with Crippen LogP contribution in [0.1, 0.15) is 37.7 Å². The molecule has 3 rings (SSSR count). The fraction of sp³-hybridized carbons (Fsp3) is 0.611. The number of rotatable bonds is 5. The van der Waals surface area contributed by atoms with Gasteiger partial charge in [0.1, 0.15) is 0 Å². The molecule has 1 saturated carbocycles. The minimum absolute atomic E-state index is 0.0594. The second-order valence-electron chi connectivity index (χ2n) is 6.62. The predicted octanol–water partition coefficient (Wildman–Crippen LogP) is 2.86. The summed E-state index contributed by atoms with van der Waals surface area (Å²) in [6.45, 7) is 2.43. The van der Waals surface area contributed by atoms with Crippen molar-refractivity contribution < 1.29 is 14.6 Å². The van der Waals surface area contributed by atoms with Crippen LogP contribution in [0.15, 0.2) is 30.3 Å². The third-order valence-electron chi connectivity index (χ3n) is 4.99. The number of likely N-dealkylation sites (tertiary alicyclic amines) is 1. The van der Waals surface area contributed by atoms with Crippen molar-refractivity contribution in [2.75, 3.05) is 13.1 Å². The number of amides is 1. The lowest BCUT2D eigenvalue weighted by Gasteiger charge is -2.38. The molecule has 1 aliphatic carbocycles. The molecule has 1 aromatic rings. The van der Waals surface area contributed by atoms with Crippen LogP contribution in [0.25, 0.3) is 0 Å². The van der Waals surface area contributed by atoms with Crippen LogP contribution in [0.2, 0.25) is 0 Å². The Morgan fingerprint density at radius 2 is 2.00 bits per heavy atom. The summed E-state index contributed by atoms with van der Waals surface area (Å²) in [5, 5.41) is 11.5. The van der Waals surface area contributed by atoms with E-state index in [0.29, 0.717) is 12.6 Å². The molecular weight excluding hydrogens is 292 g/mol. The van der Waals surface area contributed by atoms with Gasteiger partial charge in [-0.1, -0.05) is 43.2 Å². The molecule has 1 saturated heterocycles. The van der Waals surface area contributed by atoms with Crippen LogP contribution >= 0.6 is 0 Å². The lowest BCUT2D eigenvalue weighted by molar-refractivity contribution is -0.0394. The molecule has 0 radical (unpaired) electrons. The maximum absolute atomic E-state index is 10.8. The van der Waals surface area contributed by atoms with E-state index in [-0.39, 0.29) is 12.1 Å². The summed E-state index contributed by atoms with van der Waals surface area (Å²) in [4.78, 5) is 13.2. The zero-order chi connectivity index (χ0) is 16.1.